The third-order valence-corrected chi connectivity index (χ3v) is 3.53. The quantitative estimate of drug-likeness (QED) is 0.869. The lowest BCUT2D eigenvalue weighted by Gasteiger charge is -2.08. The first-order valence-electron chi connectivity index (χ1n) is 6.81. The molecule has 0 atom stereocenters. The molecule has 2 heteroatoms. The highest BCUT2D eigenvalue weighted by molar-refractivity contribution is 5.65. The Morgan fingerprint density at radius 3 is 2.79 bits per heavy atom. The number of nitrogens with one attached hydrogen (secondary N) is 1. The van der Waals surface area contributed by atoms with Crippen molar-refractivity contribution in [1.82, 2.24) is 5.32 Å². The number of benzene rings is 2. The maximum absolute atomic E-state index is 13.9. The summed E-state index contributed by atoms with van der Waals surface area (Å²) in [5.41, 5.74) is 3.94. The Bertz CT molecular complexity index is 588. The predicted molar refractivity (Wildman–Crippen MR) is 76.4 cm³/mol. The van der Waals surface area contributed by atoms with Gasteiger partial charge in [-0.1, -0.05) is 29.8 Å². The second-order valence-electron chi connectivity index (χ2n) is 5.34. The summed E-state index contributed by atoms with van der Waals surface area (Å²) in [5.74, 6) is -0.155. The van der Waals surface area contributed by atoms with Crippen LogP contribution in [0.25, 0.3) is 11.1 Å². The molecule has 0 saturated heterocycles. The second kappa shape index (κ2) is 5.14. The number of aryl methyl sites for hydroxylation is 1. The number of halogens is 1. The minimum absolute atomic E-state index is 0.155. The molecule has 1 N–H and O–H groups in total. The fourth-order valence-electron chi connectivity index (χ4n) is 2.26. The molecule has 98 valence electrons. The van der Waals surface area contributed by atoms with Crippen molar-refractivity contribution in [3.8, 4) is 11.1 Å². The monoisotopic (exact) mass is 255 g/mol. The van der Waals surface area contributed by atoms with Crippen LogP contribution in [0.5, 0.6) is 0 Å². The van der Waals surface area contributed by atoms with Crippen LogP contribution in [-0.4, -0.2) is 6.04 Å². The van der Waals surface area contributed by atoms with Crippen molar-refractivity contribution in [2.75, 3.05) is 0 Å². The highest BCUT2D eigenvalue weighted by Gasteiger charge is 2.19. The van der Waals surface area contributed by atoms with E-state index in [9.17, 15) is 4.39 Å². The lowest BCUT2D eigenvalue weighted by atomic mass is 10.0. The zero-order valence-electron chi connectivity index (χ0n) is 11.1. The molecule has 0 aliphatic heterocycles. The molecule has 1 aliphatic rings. The number of hydrogen-bond donors (Lipinski definition) is 1. The number of rotatable bonds is 4. The van der Waals surface area contributed by atoms with E-state index in [1.807, 2.05) is 25.1 Å². The van der Waals surface area contributed by atoms with Crippen LogP contribution in [0.3, 0.4) is 0 Å². The maximum atomic E-state index is 13.9. The van der Waals surface area contributed by atoms with Gasteiger partial charge in [-0.15, -0.1) is 0 Å². The van der Waals surface area contributed by atoms with Gasteiger partial charge >= 0.3 is 0 Å². The fourth-order valence-corrected chi connectivity index (χ4v) is 2.26. The molecule has 0 radical (unpaired) electrons. The average Bonchev–Trinajstić information content (AvgIpc) is 3.24. The van der Waals surface area contributed by atoms with Gasteiger partial charge < -0.3 is 5.32 Å². The van der Waals surface area contributed by atoms with Crippen LogP contribution < -0.4 is 5.32 Å². The smallest absolute Gasteiger partial charge is 0.131 e. The Morgan fingerprint density at radius 1 is 1.16 bits per heavy atom. The molecule has 19 heavy (non-hydrogen) atoms. The zero-order valence-corrected chi connectivity index (χ0v) is 11.1. The van der Waals surface area contributed by atoms with Crippen LogP contribution in [0.1, 0.15) is 24.0 Å². The third kappa shape index (κ3) is 3.02. The van der Waals surface area contributed by atoms with E-state index in [1.165, 1.54) is 18.4 Å². The predicted octanol–water partition coefficient (Wildman–Crippen LogP) is 4.05. The Hall–Kier alpha value is -1.67. The molecule has 0 bridgehead atoms. The Kier molecular flexibility index (Phi) is 3.34. The molecule has 1 fully saturated rings. The first-order valence-corrected chi connectivity index (χ1v) is 6.81. The molecular formula is C17H18FN. The Morgan fingerprint density at radius 2 is 2.00 bits per heavy atom. The molecule has 1 aliphatic carbocycles. The van der Waals surface area contributed by atoms with Crippen molar-refractivity contribution in [2.24, 2.45) is 0 Å². The third-order valence-electron chi connectivity index (χ3n) is 3.53. The Balaban J connectivity index is 1.86. The van der Waals surface area contributed by atoms with Gasteiger partial charge in [0.1, 0.15) is 5.82 Å². The van der Waals surface area contributed by atoms with E-state index in [2.05, 4.69) is 17.4 Å². The molecule has 0 aromatic heterocycles. The molecule has 2 aromatic carbocycles. The summed E-state index contributed by atoms with van der Waals surface area (Å²) in [5, 5.41) is 3.48. The van der Waals surface area contributed by atoms with Crippen molar-refractivity contribution in [3.63, 3.8) is 0 Å². The topological polar surface area (TPSA) is 12.0 Å². The summed E-state index contributed by atoms with van der Waals surface area (Å²) in [4.78, 5) is 0. The van der Waals surface area contributed by atoms with E-state index < -0.39 is 0 Å². The number of hydrogen-bond acceptors (Lipinski definition) is 1. The van der Waals surface area contributed by atoms with Crippen LogP contribution in [-0.2, 0) is 6.54 Å². The summed E-state index contributed by atoms with van der Waals surface area (Å²) < 4.78 is 13.9. The average molecular weight is 255 g/mol. The van der Waals surface area contributed by atoms with E-state index in [4.69, 9.17) is 0 Å². The Labute approximate surface area is 113 Å². The molecule has 0 heterocycles. The van der Waals surface area contributed by atoms with Crippen molar-refractivity contribution in [2.45, 2.75) is 32.4 Å². The molecule has 2 aromatic rings. The van der Waals surface area contributed by atoms with Crippen molar-refractivity contribution in [1.29, 1.82) is 0 Å². The molecule has 1 nitrogen and oxygen atoms in total. The minimum Gasteiger partial charge on any atom is -0.310 e. The standard InChI is InChI=1S/C17H18FN/c1-12-5-8-17(18)16(9-12)14-4-2-3-13(10-14)11-19-15-6-7-15/h2-5,8-10,15,19H,6-7,11H2,1H3. The van der Waals surface area contributed by atoms with Gasteiger partial charge in [-0.3, -0.25) is 0 Å². The lowest BCUT2D eigenvalue weighted by Crippen LogP contribution is -2.15. The largest absolute Gasteiger partial charge is 0.310 e. The summed E-state index contributed by atoms with van der Waals surface area (Å²) >= 11 is 0. The van der Waals surface area contributed by atoms with E-state index >= 15 is 0 Å². The molecule has 1 saturated carbocycles. The second-order valence-corrected chi connectivity index (χ2v) is 5.34. The maximum Gasteiger partial charge on any atom is 0.131 e. The lowest BCUT2D eigenvalue weighted by molar-refractivity contribution is 0.631. The molecule has 0 spiro atoms. The van der Waals surface area contributed by atoms with E-state index in [-0.39, 0.29) is 5.82 Å². The molecule has 0 unspecified atom stereocenters. The van der Waals surface area contributed by atoms with Crippen LogP contribution in [0.15, 0.2) is 42.5 Å². The van der Waals surface area contributed by atoms with Gasteiger partial charge in [0.05, 0.1) is 0 Å². The van der Waals surface area contributed by atoms with Gasteiger partial charge in [0.25, 0.3) is 0 Å². The zero-order chi connectivity index (χ0) is 13.2. The minimum atomic E-state index is -0.155. The molecule has 3 rings (SSSR count). The first-order chi connectivity index (χ1) is 9.22. The van der Waals surface area contributed by atoms with Gasteiger partial charge in [0, 0.05) is 18.2 Å². The highest BCUT2D eigenvalue weighted by atomic mass is 19.1. The van der Waals surface area contributed by atoms with Gasteiger partial charge in [-0.25, -0.2) is 4.39 Å². The van der Waals surface area contributed by atoms with Gasteiger partial charge in [-0.2, -0.15) is 0 Å². The van der Waals surface area contributed by atoms with Crippen LogP contribution in [0, 0.1) is 12.7 Å². The van der Waals surface area contributed by atoms with Crippen LogP contribution in [0.2, 0.25) is 0 Å². The summed E-state index contributed by atoms with van der Waals surface area (Å²) in [7, 11) is 0. The van der Waals surface area contributed by atoms with Crippen molar-refractivity contribution in [3.05, 3.63) is 59.4 Å². The summed E-state index contributed by atoms with van der Waals surface area (Å²) in [6, 6.07) is 14.1. The SMILES string of the molecule is Cc1ccc(F)c(-c2cccc(CNC3CC3)c2)c1. The van der Waals surface area contributed by atoms with Crippen LogP contribution in [0.4, 0.5) is 4.39 Å². The molecular weight excluding hydrogens is 237 g/mol. The normalized spacial score (nSPS) is 14.6. The summed E-state index contributed by atoms with van der Waals surface area (Å²) in [6.07, 6.45) is 2.57. The van der Waals surface area contributed by atoms with Crippen molar-refractivity contribution >= 4 is 0 Å². The molecule has 0 amide bonds. The fraction of sp³-hybridized carbons (Fsp3) is 0.294. The van der Waals surface area contributed by atoms with E-state index in [0.717, 1.165) is 17.7 Å². The van der Waals surface area contributed by atoms with Crippen LogP contribution >= 0.6 is 0 Å². The van der Waals surface area contributed by atoms with Gasteiger partial charge in [-0.05, 0) is 49.1 Å². The highest BCUT2D eigenvalue weighted by Crippen LogP contribution is 2.25. The van der Waals surface area contributed by atoms with Crippen molar-refractivity contribution < 1.29 is 4.39 Å². The van der Waals surface area contributed by atoms with Gasteiger partial charge in [0.15, 0.2) is 0 Å². The van der Waals surface area contributed by atoms with E-state index in [1.54, 1.807) is 12.1 Å². The van der Waals surface area contributed by atoms with E-state index in [0.29, 0.717) is 11.6 Å². The van der Waals surface area contributed by atoms with Gasteiger partial charge in [0.2, 0.25) is 0 Å². The first kappa shape index (κ1) is 12.4. The summed E-state index contributed by atoms with van der Waals surface area (Å²) in [6.45, 7) is 2.85.